The molecule has 3 nitrogen and oxygen atoms in total. The van der Waals surface area contributed by atoms with Crippen molar-refractivity contribution in [1.82, 2.24) is 10.2 Å². The molecule has 3 rings (SSSR count). The summed E-state index contributed by atoms with van der Waals surface area (Å²) >= 11 is 0. The number of nitrogens with one attached hydrogen (secondary N) is 1. The average molecular weight is 378 g/mol. The molecule has 2 aromatic rings. The quantitative estimate of drug-likeness (QED) is 0.807. The highest BCUT2D eigenvalue weighted by molar-refractivity contribution is 5.40. The number of alkyl halides is 6. The number of halogens is 6. The highest BCUT2D eigenvalue weighted by Gasteiger charge is 2.40. The number of hydrogen-bond acceptors (Lipinski definition) is 3. The summed E-state index contributed by atoms with van der Waals surface area (Å²) in [7, 11) is 0. The molecule has 0 radical (unpaired) electrons. The van der Waals surface area contributed by atoms with Crippen molar-refractivity contribution in [2.45, 2.75) is 18.4 Å². The van der Waals surface area contributed by atoms with E-state index in [-0.39, 0.29) is 5.76 Å². The molecule has 142 valence electrons. The molecule has 9 heteroatoms. The van der Waals surface area contributed by atoms with Crippen molar-refractivity contribution in [3.63, 3.8) is 0 Å². The van der Waals surface area contributed by atoms with E-state index in [0.717, 1.165) is 0 Å². The molecule has 1 aromatic heterocycles. The Hall–Kier alpha value is -2.00. The molecule has 1 fully saturated rings. The second-order valence-electron chi connectivity index (χ2n) is 6.00. The summed E-state index contributed by atoms with van der Waals surface area (Å²) in [5.41, 5.74) is -2.67. The molecule has 26 heavy (non-hydrogen) atoms. The molecular weight excluding hydrogens is 362 g/mol. The van der Waals surface area contributed by atoms with Crippen LogP contribution in [0.25, 0.3) is 0 Å². The summed E-state index contributed by atoms with van der Waals surface area (Å²) < 4.78 is 85.1. The summed E-state index contributed by atoms with van der Waals surface area (Å²) in [5, 5.41) is 3.07. The molecule has 0 unspecified atom stereocenters. The van der Waals surface area contributed by atoms with Gasteiger partial charge in [0.2, 0.25) is 0 Å². The van der Waals surface area contributed by atoms with Gasteiger partial charge in [0.05, 0.1) is 23.4 Å². The van der Waals surface area contributed by atoms with Crippen molar-refractivity contribution < 1.29 is 30.8 Å². The third-order valence-electron chi connectivity index (χ3n) is 4.31. The van der Waals surface area contributed by atoms with Crippen LogP contribution < -0.4 is 5.32 Å². The van der Waals surface area contributed by atoms with E-state index in [1.165, 1.54) is 18.4 Å². The van der Waals surface area contributed by atoms with Gasteiger partial charge in [0.15, 0.2) is 0 Å². The van der Waals surface area contributed by atoms with Crippen LogP contribution in [0, 0.1) is 0 Å². The van der Waals surface area contributed by atoms with Crippen molar-refractivity contribution in [1.29, 1.82) is 0 Å². The van der Waals surface area contributed by atoms with Crippen LogP contribution in [0.1, 0.15) is 28.5 Å². The minimum atomic E-state index is -4.78. The van der Waals surface area contributed by atoms with E-state index in [1.807, 2.05) is 0 Å². The van der Waals surface area contributed by atoms with Gasteiger partial charge >= 0.3 is 12.4 Å². The molecule has 1 aliphatic rings. The van der Waals surface area contributed by atoms with Gasteiger partial charge in [-0.05, 0) is 35.9 Å². The first-order valence-corrected chi connectivity index (χ1v) is 7.94. The van der Waals surface area contributed by atoms with Crippen LogP contribution in [0.4, 0.5) is 26.3 Å². The molecule has 0 amide bonds. The fourth-order valence-corrected chi connectivity index (χ4v) is 3.14. The monoisotopic (exact) mass is 378 g/mol. The molecular formula is C17H16F6N2O. The third-order valence-corrected chi connectivity index (χ3v) is 4.31. The molecule has 1 saturated heterocycles. The Labute approximate surface area is 145 Å². The number of hydrogen-bond donors (Lipinski definition) is 1. The van der Waals surface area contributed by atoms with Crippen molar-refractivity contribution in [2.75, 3.05) is 26.2 Å². The number of piperazine rings is 1. The summed E-state index contributed by atoms with van der Waals surface area (Å²) in [6.45, 7) is 1.83. The maximum absolute atomic E-state index is 13.5. The van der Waals surface area contributed by atoms with Gasteiger partial charge in [-0.3, -0.25) is 4.90 Å². The van der Waals surface area contributed by atoms with Crippen LogP contribution in [0.3, 0.4) is 0 Å². The lowest BCUT2D eigenvalue weighted by Crippen LogP contribution is -2.45. The van der Waals surface area contributed by atoms with E-state index in [0.29, 0.717) is 44.4 Å². The summed E-state index contributed by atoms with van der Waals surface area (Å²) in [5.74, 6) is 0.178. The minimum Gasteiger partial charge on any atom is -0.467 e. The molecule has 1 N–H and O–H groups in total. The van der Waals surface area contributed by atoms with E-state index in [4.69, 9.17) is 4.42 Å². The SMILES string of the molecule is FC(F)(F)c1ccc(C(F)(F)F)c([C@@H](c2ccco2)N2CCNCC2)c1. The van der Waals surface area contributed by atoms with Crippen molar-refractivity contribution in [2.24, 2.45) is 0 Å². The number of furan rings is 1. The first kappa shape index (κ1) is 18.8. The van der Waals surface area contributed by atoms with Crippen LogP contribution in [0.15, 0.2) is 41.0 Å². The zero-order valence-electron chi connectivity index (χ0n) is 13.5. The Bertz CT molecular complexity index is 733. The molecule has 0 saturated carbocycles. The van der Waals surface area contributed by atoms with E-state index in [1.54, 1.807) is 4.90 Å². The number of nitrogens with zero attached hydrogens (tertiary/aromatic N) is 1. The van der Waals surface area contributed by atoms with Gasteiger partial charge in [0.25, 0.3) is 0 Å². The Morgan fingerprint density at radius 2 is 1.65 bits per heavy atom. The Kier molecular flexibility index (Phi) is 5.03. The van der Waals surface area contributed by atoms with Gasteiger partial charge in [-0.2, -0.15) is 26.3 Å². The van der Waals surface area contributed by atoms with Crippen molar-refractivity contribution >= 4 is 0 Å². The molecule has 1 atom stereocenters. The Morgan fingerprint density at radius 3 is 2.19 bits per heavy atom. The number of rotatable bonds is 3. The smallest absolute Gasteiger partial charge is 0.416 e. The van der Waals surface area contributed by atoms with Crippen LogP contribution in [0.2, 0.25) is 0 Å². The van der Waals surface area contributed by atoms with Crippen LogP contribution in [0.5, 0.6) is 0 Å². The lowest BCUT2D eigenvalue weighted by Gasteiger charge is -2.35. The molecule has 1 aromatic carbocycles. The standard InChI is InChI=1S/C17H16F6N2O/c18-16(19,20)11-3-4-13(17(21,22)23)12(10-11)15(14-2-1-9-26-14)25-7-5-24-6-8-25/h1-4,9-10,15,24H,5-8H2/t15-/m0/s1. The van der Waals surface area contributed by atoms with Crippen LogP contribution in [-0.4, -0.2) is 31.1 Å². The van der Waals surface area contributed by atoms with Gasteiger partial charge in [0, 0.05) is 26.2 Å². The molecule has 0 aliphatic carbocycles. The average Bonchev–Trinajstić information content (AvgIpc) is 3.08. The zero-order chi connectivity index (χ0) is 18.9. The van der Waals surface area contributed by atoms with Gasteiger partial charge in [0.1, 0.15) is 5.76 Å². The second kappa shape index (κ2) is 6.96. The van der Waals surface area contributed by atoms with E-state index >= 15 is 0 Å². The molecule has 1 aliphatic heterocycles. The second-order valence-corrected chi connectivity index (χ2v) is 6.00. The predicted molar refractivity (Wildman–Crippen MR) is 81.4 cm³/mol. The topological polar surface area (TPSA) is 28.4 Å². The lowest BCUT2D eigenvalue weighted by atomic mass is 9.93. The van der Waals surface area contributed by atoms with E-state index in [2.05, 4.69) is 5.32 Å². The van der Waals surface area contributed by atoms with Gasteiger partial charge in [-0.15, -0.1) is 0 Å². The third kappa shape index (κ3) is 3.88. The highest BCUT2D eigenvalue weighted by Crippen LogP contribution is 2.42. The normalized spacial score (nSPS) is 18.1. The van der Waals surface area contributed by atoms with Gasteiger partial charge in [-0.1, -0.05) is 0 Å². The first-order valence-electron chi connectivity index (χ1n) is 7.94. The molecule has 0 bridgehead atoms. The fraction of sp³-hybridized carbons (Fsp3) is 0.412. The first-order chi connectivity index (χ1) is 12.2. The zero-order valence-corrected chi connectivity index (χ0v) is 13.5. The number of benzene rings is 1. The Balaban J connectivity index is 2.17. The summed E-state index contributed by atoms with van der Waals surface area (Å²) in [6, 6.07) is 3.47. The predicted octanol–water partition coefficient (Wildman–Crippen LogP) is 4.31. The summed E-state index contributed by atoms with van der Waals surface area (Å²) in [4.78, 5) is 1.69. The van der Waals surface area contributed by atoms with Crippen LogP contribution in [-0.2, 0) is 12.4 Å². The van der Waals surface area contributed by atoms with Crippen LogP contribution >= 0.6 is 0 Å². The van der Waals surface area contributed by atoms with Gasteiger partial charge < -0.3 is 9.73 Å². The molecule has 2 heterocycles. The molecule has 0 spiro atoms. The maximum Gasteiger partial charge on any atom is 0.416 e. The van der Waals surface area contributed by atoms with E-state index in [9.17, 15) is 26.3 Å². The summed E-state index contributed by atoms with van der Waals surface area (Å²) in [6.07, 6.45) is -8.22. The Morgan fingerprint density at radius 1 is 0.962 bits per heavy atom. The fourth-order valence-electron chi connectivity index (χ4n) is 3.14. The van der Waals surface area contributed by atoms with E-state index < -0.39 is 35.1 Å². The van der Waals surface area contributed by atoms with Gasteiger partial charge in [-0.25, -0.2) is 0 Å². The largest absolute Gasteiger partial charge is 0.467 e. The maximum atomic E-state index is 13.5. The lowest BCUT2D eigenvalue weighted by molar-refractivity contribution is -0.142. The minimum absolute atomic E-state index is 0.178. The van der Waals surface area contributed by atoms with Crippen molar-refractivity contribution in [3.05, 3.63) is 59.0 Å². The highest BCUT2D eigenvalue weighted by atomic mass is 19.4. The van der Waals surface area contributed by atoms with Crippen molar-refractivity contribution in [3.8, 4) is 0 Å².